The minimum Gasteiger partial charge on any atom is -0.378 e. The largest absolute Gasteiger partial charge is 0.378 e. The van der Waals surface area contributed by atoms with Crippen LogP contribution in [-0.2, 0) is 11.3 Å². The summed E-state index contributed by atoms with van der Waals surface area (Å²) in [5.41, 5.74) is 2.26. The summed E-state index contributed by atoms with van der Waals surface area (Å²) < 4.78 is 18.3. The van der Waals surface area contributed by atoms with Crippen molar-refractivity contribution in [3.05, 3.63) is 59.0 Å². The van der Waals surface area contributed by atoms with E-state index in [1.54, 1.807) is 18.2 Å². The fourth-order valence-electron chi connectivity index (χ4n) is 2.62. The Balaban J connectivity index is 1.75. The third-order valence-corrected chi connectivity index (χ3v) is 3.94. The third kappa shape index (κ3) is 3.89. The topological polar surface area (TPSA) is 54.5 Å². The fraction of sp³-hybridized carbons (Fsp3) is 0.333. The molecule has 5 nitrogen and oxygen atoms in total. The first-order valence-corrected chi connectivity index (χ1v) is 7.96. The number of aromatic nitrogens is 1. The second-order valence-corrected chi connectivity index (χ2v) is 5.73. The summed E-state index contributed by atoms with van der Waals surface area (Å²) in [6.45, 7) is 4.95. The average Bonchev–Trinajstić information content (AvgIpc) is 2.61. The highest BCUT2D eigenvalue weighted by Gasteiger charge is 2.20. The first kappa shape index (κ1) is 16.4. The Morgan fingerprint density at radius 3 is 2.62 bits per heavy atom. The van der Waals surface area contributed by atoms with Gasteiger partial charge in [-0.1, -0.05) is 12.1 Å². The summed E-state index contributed by atoms with van der Waals surface area (Å²) in [6.07, 6.45) is 0. The van der Waals surface area contributed by atoms with Gasteiger partial charge in [-0.2, -0.15) is 0 Å². The number of nitrogens with one attached hydrogen (secondary N) is 1. The van der Waals surface area contributed by atoms with E-state index in [2.05, 4.69) is 15.2 Å². The number of carbonyl (C=O) groups excluding carboxylic acids is 1. The minimum atomic E-state index is -0.289. The molecule has 2 heterocycles. The molecule has 2 aromatic rings. The smallest absolute Gasteiger partial charge is 0.255 e. The Morgan fingerprint density at radius 1 is 1.21 bits per heavy atom. The first-order chi connectivity index (χ1) is 11.6. The molecule has 1 amide bonds. The van der Waals surface area contributed by atoms with E-state index in [0.717, 1.165) is 11.3 Å². The second-order valence-electron chi connectivity index (χ2n) is 5.73. The van der Waals surface area contributed by atoms with Gasteiger partial charge in [0.15, 0.2) is 0 Å². The Kier molecular flexibility index (Phi) is 5.05. The monoisotopic (exact) mass is 329 g/mol. The molecule has 0 saturated carbocycles. The van der Waals surface area contributed by atoms with Crippen LogP contribution in [0.4, 0.5) is 10.2 Å². The molecule has 126 valence electrons. The molecule has 1 saturated heterocycles. The molecule has 1 aromatic heterocycles. The maximum atomic E-state index is 12.9. The van der Waals surface area contributed by atoms with Gasteiger partial charge in [-0.3, -0.25) is 4.79 Å². The molecular weight excluding hydrogens is 309 g/mol. The van der Waals surface area contributed by atoms with Crippen LogP contribution >= 0.6 is 0 Å². The van der Waals surface area contributed by atoms with E-state index >= 15 is 0 Å². The molecule has 1 N–H and O–H groups in total. The second kappa shape index (κ2) is 7.40. The number of rotatable bonds is 4. The summed E-state index contributed by atoms with van der Waals surface area (Å²) in [5, 5.41) is 2.87. The van der Waals surface area contributed by atoms with Gasteiger partial charge in [-0.05, 0) is 36.8 Å². The van der Waals surface area contributed by atoms with Crippen LogP contribution in [0.2, 0.25) is 0 Å². The Morgan fingerprint density at radius 2 is 1.92 bits per heavy atom. The van der Waals surface area contributed by atoms with Crippen molar-refractivity contribution in [1.82, 2.24) is 10.3 Å². The molecule has 24 heavy (non-hydrogen) atoms. The van der Waals surface area contributed by atoms with Crippen molar-refractivity contribution in [3.8, 4) is 0 Å². The zero-order chi connectivity index (χ0) is 16.9. The molecule has 0 radical (unpaired) electrons. The van der Waals surface area contributed by atoms with Crippen LogP contribution in [-0.4, -0.2) is 37.2 Å². The molecule has 1 aliphatic heterocycles. The van der Waals surface area contributed by atoms with Crippen molar-refractivity contribution < 1.29 is 13.9 Å². The van der Waals surface area contributed by atoms with E-state index in [9.17, 15) is 9.18 Å². The first-order valence-electron chi connectivity index (χ1n) is 7.96. The molecule has 0 atom stereocenters. The van der Waals surface area contributed by atoms with Crippen LogP contribution in [0.25, 0.3) is 0 Å². The average molecular weight is 329 g/mol. The Bertz CT molecular complexity index is 713. The van der Waals surface area contributed by atoms with Gasteiger partial charge in [0.05, 0.1) is 18.8 Å². The molecule has 1 fully saturated rings. The van der Waals surface area contributed by atoms with Gasteiger partial charge in [0.25, 0.3) is 5.91 Å². The van der Waals surface area contributed by atoms with Crippen molar-refractivity contribution >= 4 is 11.7 Å². The van der Waals surface area contributed by atoms with Crippen LogP contribution in [0, 0.1) is 12.7 Å². The lowest BCUT2D eigenvalue weighted by molar-refractivity contribution is 0.0949. The number of pyridine rings is 1. The summed E-state index contributed by atoms with van der Waals surface area (Å²) in [5.74, 6) is 0.214. The number of anilines is 1. The molecule has 0 unspecified atom stereocenters. The molecule has 1 aromatic carbocycles. The van der Waals surface area contributed by atoms with Gasteiger partial charge in [0, 0.05) is 25.3 Å². The SMILES string of the molecule is Cc1ccc(C(=O)NCc2ccc(F)cc2)c(N2CCOCC2)n1. The van der Waals surface area contributed by atoms with Crippen molar-refractivity contribution in [2.45, 2.75) is 13.5 Å². The lowest BCUT2D eigenvalue weighted by atomic mass is 10.1. The summed E-state index contributed by atoms with van der Waals surface area (Å²) in [4.78, 5) is 19.2. The molecule has 0 aliphatic carbocycles. The van der Waals surface area contributed by atoms with Crippen LogP contribution < -0.4 is 10.2 Å². The normalized spacial score (nSPS) is 14.5. The van der Waals surface area contributed by atoms with E-state index < -0.39 is 0 Å². The predicted octanol–water partition coefficient (Wildman–Crippen LogP) is 2.30. The van der Waals surface area contributed by atoms with Crippen molar-refractivity contribution in [2.75, 3.05) is 31.2 Å². The number of aryl methyl sites for hydroxylation is 1. The minimum absolute atomic E-state index is 0.187. The number of hydrogen-bond acceptors (Lipinski definition) is 4. The number of carbonyl (C=O) groups is 1. The number of amides is 1. The third-order valence-electron chi connectivity index (χ3n) is 3.94. The van der Waals surface area contributed by atoms with Crippen LogP contribution in [0.3, 0.4) is 0 Å². The van der Waals surface area contributed by atoms with Crippen LogP contribution in [0.15, 0.2) is 36.4 Å². The van der Waals surface area contributed by atoms with Gasteiger partial charge < -0.3 is 15.0 Å². The molecule has 6 heteroatoms. The molecule has 1 aliphatic rings. The zero-order valence-electron chi connectivity index (χ0n) is 13.6. The standard InChI is InChI=1S/C18H20FN3O2/c1-13-2-7-16(17(21-13)22-8-10-24-11-9-22)18(23)20-12-14-3-5-15(19)6-4-14/h2-7H,8-12H2,1H3,(H,20,23). The summed E-state index contributed by atoms with van der Waals surface area (Å²) in [7, 11) is 0. The maximum absolute atomic E-state index is 12.9. The summed E-state index contributed by atoms with van der Waals surface area (Å²) in [6, 6.07) is 9.71. The van der Waals surface area contributed by atoms with Crippen LogP contribution in [0.1, 0.15) is 21.6 Å². The number of benzene rings is 1. The lowest BCUT2D eigenvalue weighted by Crippen LogP contribution is -2.38. The highest BCUT2D eigenvalue weighted by Crippen LogP contribution is 2.20. The van der Waals surface area contributed by atoms with Crippen molar-refractivity contribution in [1.29, 1.82) is 0 Å². The van der Waals surface area contributed by atoms with E-state index in [1.165, 1.54) is 12.1 Å². The van der Waals surface area contributed by atoms with Gasteiger partial charge in [-0.15, -0.1) is 0 Å². The van der Waals surface area contributed by atoms with Gasteiger partial charge in [0.1, 0.15) is 11.6 Å². The highest BCUT2D eigenvalue weighted by molar-refractivity contribution is 5.99. The highest BCUT2D eigenvalue weighted by atomic mass is 19.1. The molecule has 3 rings (SSSR count). The zero-order valence-corrected chi connectivity index (χ0v) is 13.6. The van der Waals surface area contributed by atoms with Crippen molar-refractivity contribution in [2.24, 2.45) is 0 Å². The van der Waals surface area contributed by atoms with Gasteiger partial charge >= 0.3 is 0 Å². The van der Waals surface area contributed by atoms with E-state index in [1.807, 2.05) is 13.0 Å². The fourth-order valence-corrected chi connectivity index (χ4v) is 2.62. The van der Waals surface area contributed by atoms with E-state index in [4.69, 9.17) is 4.74 Å². The number of ether oxygens (including phenoxy) is 1. The Labute approximate surface area is 140 Å². The lowest BCUT2D eigenvalue weighted by Gasteiger charge is -2.29. The molecule has 0 bridgehead atoms. The molecule has 0 spiro atoms. The number of nitrogens with zero attached hydrogens (tertiary/aromatic N) is 2. The summed E-state index contributed by atoms with van der Waals surface area (Å²) >= 11 is 0. The number of halogens is 1. The quantitative estimate of drug-likeness (QED) is 0.935. The van der Waals surface area contributed by atoms with Crippen LogP contribution in [0.5, 0.6) is 0 Å². The Hall–Kier alpha value is -2.47. The van der Waals surface area contributed by atoms with Crippen molar-refractivity contribution in [3.63, 3.8) is 0 Å². The molecular formula is C18H20FN3O2. The van der Waals surface area contributed by atoms with Gasteiger partial charge in [-0.25, -0.2) is 9.37 Å². The van der Waals surface area contributed by atoms with E-state index in [0.29, 0.717) is 44.2 Å². The number of hydrogen-bond donors (Lipinski definition) is 1. The number of morpholine rings is 1. The van der Waals surface area contributed by atoms with E-state index in [-0.39, 0.29) is 11.7 Å². The maximum Gasteiger partial charge on any atom is 0.255 e. The van der Waals surface area contributed by atoms with Gasteiger partial charge in [0.2, 0.25) is 0 Å². The predicted molar refractivity (Wildman–Crippen MR) is 89.6 cm³/mol.